The van der Waals surface area contributed by atoms with E-state index < -0.39 is 0 Å². The monoisotopic (exact) mass is 1230 g/mol. The first kappa shape index (κ1) is 101. The minimum atomic E-state index is 0.140. The Balaban J connectivity index is -0.000000114. The molecule has 0 aromatic rings. The van der Waals surface area contributed by atoms with Gasteiger partial charge in [0.1, 0.15) is 56.6 Å². The summed E-state index contributed by atoms with van der Waals surface area (Å²) >= 11 is 0. The summed E-state index contributed by atoms with van der Waals surface area (Å²) in [5, 5.41) is 0. The Labute approximate surface area is 543 Å². The second kappa shape index (κ2) is 73.6. The molecule has 0 radical (unpaired) electrons. The van der Waals surface area contributed by atoms with Gasteiger partial charge < -0.3 is 9.59 Å². The molecule has 88 heavy (non-hydrogen) atoms. The van der Waals surface area contributed by atoms with Crippen molar-refractivity contribution in [3.05, 3.63) is 128 Å². The fourth-order valence-corrected chi connectivity index (χ4v) is 6.20. The molecule has 0 aliphatic rings. The normalized spacial score (nSPS) is 12.1. The molecule has 9 heteroatoms. The van der Waals surface area contributed by atoms with E-state index in [1.807, 2.05) is 55.4 Å². The SMILES string of the molecule is CC(=CC=O)C(C)(C)C.CC(=CC=O)C(C)C.CC(=CC=O)CC(C)(C)C.CC(C)=CCC/C(C)=C/C=O.CC(C)=CCC/C(C)=C\C=O.CC(C)=CCC[C@@H](C)CC=O.CC(C)=CCC[C@H](C)CC=O.CCC(C)=CC=O.CCCCCC(C)=CC=O. The van der Waals surface area contributed by atoms with Crippen LogP contribution in [0.3, 0.4) is 0 Å². The number of hydrogen-bond donors (Lipinski definition) is 0. The third-order valence-corrected chi connectivity index (χ3v) is 12.7. The molecule has 0 aliphatic carbocycles. The molecule has 0 spiro atoms. The number of unbranched alkanes of at least 4 members (excludes halogenated alkanes) is 2. The van der Waals surface area contributed by atoms with Gasteiger partial charge in [0.05, 0.1) is 0 Å². The molecule has 0 bridgehead atoms. The first-order valence-electron chi connectivity index (χ1n) is 32.1. The molecule has 2 atom stereocenters. The fourth-order valence-electron chi connectivity index (χ4n) is 6.20. The molecule has 0 aromatic heterocycles. The zero-order chi connectivity index (χ0) is 70.5. The summed E-state index contributed by atoms with van der Waals surface area (Å²) in [6.45, 7) is 55.9. The highest BCUT2D eigenvalue weighted by atomic mass is 16.1. The average Bonchev–Trinajstić information content (AvgIpc) is 3.40. The number of carbonyl (C=O) groups excluding carboxylic acids is 9. The van der Waals surface area contributed by atoms with Gasteiger partial charge in [-0.2, -0.15) is 0 Å². The topological polar surface area (TPSA) is 154 Å². The van der Waals surface area contributed by atoms with Crippen molar-refractivity contribution in [1.82, 2.24) is 0 Å². The second-order valence-electron chi connectivity index (χ2n) is 26.1. The third kappa shape index (κ3) is 111. The highest BCUT2D eigenvalue weighted by Gasteiger charge is 2.11. The molecular formula is C79H136O9. The molecule has 0 saturated heterocycles. The number of rotatable bonds is 30. The second-order valence-corrected chi connectivity index (χ2v) is 26.1. The summed E-state index contributed by atoms with van der Waals surface area (Å²) in [5.41, 5.74) is 13.9. The van der Waals surface area contributed by atoms with E-state index in [1.165, 1.54) is 47.1 Å². The van der Waals surface area contributed by atoms with Crippen LogP contribution in [0.4, 0.5) is 0 Å². The van der Waals surface area contributed by atoms with Crippen LogP contribution in [0.5, 0.6) is 0 Å². The molecule has 0 unspecified atom stereocenters. The number of carbonyl (C=O) groups is 9. The predicted molar refractivity (Wildman–Crippen MR) is 386 cm³/mol. The summed E-state index contributed by atoms with van der Waals surface area (Å²) in [6, 6.07) is 0. The summed E-state index contributed by atoms with van der Waals surface area (Å²) in [5.74, 6) is 1.59. The number of hydrogen-bond acceptors (Lipinski definition) is 9. The molecule has 0 aliphatic heterocycles. The van der Waals surface area contributed by atoms with Crippen molar-refractivity contribution >= 4 is 56.6 Å². The van der Waals surface area contributed by atoms with E-state index in [4.69, 9.17) is 0 Å². The molecule has 0 heterocycles. The predicted octanol–water partition coefficient (Wildman–Crippen LogP) is 22.5. The van der Waals surface area contributed by atoms with Crippen molar-refractivity contribution in [3.63, 3.8) is 0 Å². The molecule has 0 N–H and O–H groups in total. The van der Waals surface area contributed by atoms with Gasteiger partial charge in [-0.1, -0.05) is 182 Å². The van der Waals surface area contributed by atoms with Gasteiger partial charge in [-0.15, -0.1) is 0 Å². The first-order chi connectivity index (χ1) is 40.9. The summed E-state index contributed by atoms with van der Waals surface area (Å²) in [4.78, 5) is 89.8. The zero-order valence-corrected chi connectivity index (χ0v) is 61.8. The van der Waals surface area contributed by atoms with Gasteiger partial charge >= 0.3 is 0 Å². The number of aldehydes is 9. The van der Waals surface area contributed by atoms with Gasteiger partial charge in [0.2, 0.25) is 0 Å². The van der Waals surface area contributed by atoms with Crippen LogP contribution in [0.2, 0.25) is 0 Å². The van der Waals surface area contributed by atoms with E-state index in [9.17, 15) is 43.2 Å². The van der Waals surface area contributed by atoms with Crippen LogP contribution in [-0.2, 0) is 43.2 Å². The van der Waals surface area contributed by atoms with E-state index in [0.717, 1.165) is 161 Å². The van der Waals surface area contributed by atoms with Crippen LogP contribution in [0.25, 0.3) is 0 Å². The highest BCUT2D eigenvalue weighted by molar-refractivity contribution is 5.68. The standard InChI is InChI=1S/2C10H18O.2C10H16O.2C9H16O.C8H14O.C7H12O.C6H10O/c4*1-9(2)5-4-6-10(3)7-8-11;1-8(5-6-10)7-9(2,3)4;1-3-4-5-6-9(2)7-8-10;1-7(5-6-9)8(2,3)4;1-6(2)7(3)4-5-8;1-3-6(2)4-5-7/h2*5,8,10H,4,6-7H2,1-3H3;2*5,7-8H,4,6H2,1-3H3;5-6H,7H2,1-4H3;7-8H,3-6H2,1-2H3;5-6H,1-4H3;4-6H,1-3H3;4-5H,3H2,1-2H3/b;;10-7+;10-7-;;;;;/t2*10-;;;;;;;/m10......./s1. The van der Waals surface area contributed by atoms with Crippen LogP contribution in [0.1, 0.15) is 290 Å². The van der Waals surface area contributed by atoms with Crippen LogP contribution in [0.15, 0.2) is 128 Å². The van der Waals surface area contributed by atoms with Crippen molar-refractivity contribution < 1.29 is 43.2 Å². The smallest absolute Gasteiger partial charge is 0.142 e. The van der Waals surface area contributed by atoms with Gasteiger partial charge in [-0.25, -0.2) is 0 Å². The largest absolute Gasteiger partial charge is 0.303 e. The Morgan fingerprint density at radius 3 is 0.898 bits per heavy atom. The Kier molecular flexibility index (Phi) is 84.6. The van der Waals surface area contributed by atoms with Crippen LogP contribution >= 0.6 is 0 Å². The first-order valence-corrected chi connectivity index (χ1v) is 32.1. The summed E-state index contributed by atoms with van der Waals surface area (Å²) < 4.78 is 0. The Morgan fingerprint density at radius 1 is 0.364 bits per heavy atom. The molecule has 9 nitrogen and oxygen atoms in total. The maximum atomic E-state index is 10.1. The lowest BCUT2D eigenvalue weighted by Gasteiger charge is -2.18. The van der Waals surface area contributed by atoms with Crippen molar-refractivity contribution in [3.8, 4) is 0 Å². The fraction of sp³-hybridized carbons (Fsp3) is 0.608. The lowest BCUT2D eigenvalue weighted by atomic mass is 9.88. The molecular weight excluding hydrogens is 1090 g/mol. The molecule has 0 rings (SSSR count). The summed E-state index contributed by atoms with van der Waals surface area (Å²) in [6.07, 6.45) is 44.7. The lowest BCUT2D eigenvalue weighted by molar-refractivity contribution is -0.109. The van der Waals surface area contributed by atoms with Gasteiger partial charge in [0.25, 0.3) is 0 Å². The number of allylic oxidation sites excluding steroid dienone is 22. The quantitative estimate of drug-likeness (QED) is 0.0296. The Morgan fingerprint density at radius 2 is 0.670 bits per heavy atom. The van der Waals surface area contributed by atoms with Crippen LogP contribution < -0.4 is 0 Å². The van der Waals surface area contributed by atoms with Crippen molar-refractivity contribution in [2.75, 3.05) is 0 Å². The lowest BCUT2D eigenvalue weighted by Crippen LogP contribution is -2.06. The van der Waals surface area contributed by atoms with Crippen molar-refractivity contribution in [2.24, 2.45) is 28.6 Å². The Bertz CT molecular complexity index is 2050. The molecule has 506 valence electrons. The van der Waals surface area contributed by atoms with Crippen LogP contribution in [0, 0.1) is 28.6 Å². The molecule has 0 aromatic carbocycles. The third-order valence-electron chi connectivity index (χ3n) is 12.7. The maximum absolute atomic E-state index is 10.1. The summed E-state index contributed by atoms with van der Waals surface area (Å²) in [7, 11) is 0. The zero-order valence-electron chi connectivity index (χ0n) is 61.8. The van der Waals surface area contributed by atoms with E-state index in [1.54, 1.807) is 42.5 Å². The van der Waals surface area contributed by atoms with E-state index in [2.05, 4.69) is 156 Å². The minimum Gasteiger partial charge on any atom is -0.303 e. The van der Waals surface area contributed by atoms with E-state index in [-0.39, 0.29) is 5.41 Å². The van der Waals surface area contributed by atoms with Gasteiger partial charge in [0, 0.05) is 12.8 Å². The van der Waals surface area contributed by atoms with Crippen LogP contribution in [-0.4, -0.2) is 56.6 Å². The van der Waals surface area contributed by atoms with Gasteiger partial charge in [-0.05, 0) is 252 Å². The van der Waals surface area contributed by atoms with Gasteiger partial charge in [-0.3, -0.25) is 33.6 Å². The van der Waals surface area contributed by atoms with Gasteiger partial charge in [0.15, 0.2) is 0 Å². The maximum Gasteiger partial charge on any atom is 0.142 e. The molecule has 0 amide bonds. The van der Waals surface area contributed by atoms with E-state index in [0.29, 0.717) is 36.0 Å². The Hall–Kier alpha value is -5.83. The molecule has 0 saturated carbocycles. The van der Waals surface area contributed by atoms with Crippen molar-refractivity contribution in [2.45, 2.75) is 290 Å². The minimum absolute atomic E-state index is 0.140. The molecule has 0 fully saturated rings. The van der Waals surface area contributed by atoms with Crippen molar-refractivity contribution in [1.29, 1.82) is 0 Å². The highest BCUT2D eigenvalue weighted by Crippen LogP contribution is 2.24. The average molecular weight is 1230 g/mol. The van der Waals surface area contributed by atoms with E-state index >= 15 is 0 Å².